The van der Waals surface area contributed by atoms with Crippen LogP contribution in [0.5, 0.6) is 0 Å². The second-order valence-corrected chi connectivity index (χ2v) is 4.78. The molecule has 2 rings (SSSR count). The molecule has 0 N–H and O–H groups in total. The van der Waals surface area contributed by atoms with Crippen LogP contribution in [0, 0.1) is 6.92 Å². The van der Waals surface area contributed by atoms with Crippen LogP contribution in [0.1, 0.15) is 36.3 Å². The second kappa shape index (κ2) is 3.58. The smallest absolute Gasteiger partial charge is 0.00831 e. The molecule has 0 atom stereocenters. The lowest BCUT2D eigenvalue weighted by Crippen LogP contribution is -2.08. The fraction of sp³-hybridized carbons (Fsp3) is 0.455. The molecule has 1 aromatic carbocycles. The van der Waals surface area contributed by atoms with Crippen molar-refractivity contribution in [3.8, 4) is 0 Å². The van der Waals surface area contributed by atoms with E-state index in [0.717, 1.165) is 15.7 Å². The van der Waals surface area contributed by atoms with Gasteiger partial charge in [0.05, 0.1) is 0 Å². The van der Waals surface area contributed by atoms with Gasteiger partial charge < -0.3 is 0 Å². The van der Waals surface area contributed by atoms with Crippen LogP contribution >= 0.6 is 25.3 Å². The highest BCUT2D eigenvalue weighted by molar-refractivity contribution is 7.81. The molecule has 70 valence electrons. The van der Waals surface area contributed by atoms with Crippen molar-refractivity contribution in [2.24, 2.45) is 0 Å². The summed E-state index contributed by atoms with van der Waals surface area (Å²) >= 11 is 8.89. The van der Waals surface area contributed by atoms with Crippen molar-refractivity contribution in [2.45, 2.75) is 41.9 Å². The fourth-order valence-electron chi connectivity index (χ4n) is 1.68. The first-order valence-electron chi connectivity index (χ1n) is 4.71. The lowest BCUT2D eigenvalue weighted by molar-refractivity contribution is 0.418. The van der Waals surface area contributed by atoms with E-state index in [0.29, 0.717) is 0 Å². The summed E-state index contributed by atoms with van der Waals surface area (Å²) in [6, 6.07) is 4.39. The summed E-state index contributed by atoms with van der Waals surface area (Å²) in [6.45, 7) is 2.06. The van der Waals surface area contributed by atoms with Gasteiger partial charge in [-0.2, -0.15) is 0 Å². The minimum atomic E-state index is 0.775. The number of benzene rings is 1. The molecule has 0 amide bonds. The zero-order chi connectivity index (χ0) is 9.42. The first-order chi connectivity index (χ1) is 6.18. The quantitative estimate of drug-likeness (QED) is 0.646. The number of rotatable bonds is 1. The summed E-state index contributed by atoms with van der Waals surface area (Å²) < 4.78 is 0. The van der Waals surface area contributed by atoms with E-state index >= 15 is 0 Å². The zero-order valence-electron chi connectivity index (χ0n) is 7.75. The topological polar surface area (TPSA) is 0 Å². The van der Waals surface area contributed by atoms with Gasteiger partial charge in [-0.1, -0.05) is 6.42 Å². The first kappa shape index (κ1) is 9.47. The fourth-order valence-corrected chi connectivity index (χ4v) is 2.31. The Hall–Kier alpha value is -0.0800. The third-order valence-corrected chi connectivity index (χ3v) is 3.88. The maximum absolute atomic E-state index is 4.45. The van der Waals surface area contributed by atoms with Crippen molar-refractivity contribution in [2.75, 3.05) is 0 Å². The summed E-state index contributed by atoms with van der Waals surface area (Å²) in [5.74, 6) is 0.775. The average Bonchev–Trinajstić information content (AvgIpc) is 1.96. The molecule has 1 aromatic rings. The van der Waals surface area contributed by atoms with Gasteiger partial charge in [0.25, 0.3) is 0 Å². The molecule has 0 unspecified atom stereocenters. The molecular formula is C11H14S2. The largest absolute Gasteiger partial charge is 0.143 e. The van der Waals surface area contributed by atoms with Crippen molar-refractivity contribution in [1.82, 2.24) is 0 Å². The molecule has 0 bridgehead atoms. The van der Waals surface area contributed by atoms with Gasteiger partial charge in [0.2, 0.25) is 0 Å². The van der Waals surface area contributed by atoms with Crippen LogP contribution in [0.4, 0.5) is 0 Å². The Morgan fingerprint density at radius 3 is 2.08 bits per heavy atom. The third kappa shape index (κ3) is 1.75. The van der Waals surface area contributed by atoms with Gasteiger partial charge in [0.15, 0.2) is 0 Å². The lowest BCUT2D eigenvalue weighted by Gasteiger charge is -2.26. The van der Waals surface area contributed by atoms with Crippen molar-refractivity contribution >= 4 is 25.3 Å². The van der Waals surface area contributed by atoms with E-state index < -0.39 is 0 Å². The molecule has 1 fully saturated rings. The van der Waals surface area contributed by atoms with Gasteiger partial charge in [0.1, 0.15) is 0 Å². The van der Waals surface area contributed by atoms with E-state index in [1.54, 1.807) is 0 Å². The predicted molar refractivity (Wildman–Crippen MR) is 62.3 cm³/mol. The molecule has 1 aliphatic rings. The minimum Gasteiger partial charge on any atom is -0.143 e. The van der Waals surface area contributed by atoms with Gasteiger partial charge in [-0.25, -0.2) is 0 Å². The molecule has 0 saturated heterocycles. The average molecular weight is 210 g/mol. The summed E-state index contributed by atoms with van der Waals surface area (Å²) in [6.07, 6.45) is 4.05. The number of hydrogen-bond donors (Lipinski definition) is 2. The molecule has 0 spiro atoms. The van der Waals surface area contributed by atoms with Crippen LogP contribution in [-0.2, 0) is 0 Å². The Morgan fingerprint density at radius 1 is 1.15 bits per heavy atom. The van der Waals surface area contributed by atoms with Crippen LogP contribution in [0.25, 0.3) is 0 Å². The lowest BCUT2D eigenvalue weighted by atomic mass is 9.80. The number of thiol groups is 2. The Morgan fingerprint density at radius 2 is 1.69 bits per heavy atom. The standard InChI is InChI=1S/C11H14S2/c1-7-10(12)5-9(6-11(7)13)8-3-2-4-8/h5-6,8,12-13H,2-4H2,1H3. The Balaban J connectivity index is 2.37. The van der Waals surface area contributed by atoms with Crippen molar-refractivity contribution in [1.29, 1.82) is 0 Å². The third-order valence-electron chi connectivity index (χ3n) is 2.95. The van der Waals surface area contributed by atoms with E-state index in [-0.39, 0.29) is 0 Å². The van der Waals surface area contributed by atoms with E-state index in [2.05, 4.69) is 44.3 Å². The number of hydrogen-bond acceptors (Lipinski definition) is 2. The highest BCUT2D eigenvalue weighted by Gasteiger charge is 2.20. The van der Waals surface area contributed by atoms with Crippen molar-refractivity contribution in [3.05, 3.63) is 23.3 Å². The normalized spacial score (nSPS) is 17.2. The molecule has 0 aromatic heterocycles. The molecular weight excluding hydrogens is 196 g/mol. The predicted octanol–water partition coefficient (Wildman–Crippen LogP) is 3.84. The van der Waals surface area contributed by atoms with Crippen LogP contribution in [0.2, 0.25) is 0 Å². The minimum absolute atomic E-state index is 0.775. The van der Waals surface area contributed by atoms with Gasteiger partial charge in [-0.05, 0) is 48.9 Å². The van der Waals surface area contributed by atoms with E-state index in [1.807, 2.05) is 0 Å². The van der Waals surface area contributed by atoms with E-state index in [9.17, 15) is 0 Å². The van der Waals surface area contributed by atoms with Gasteiger partial charge >= 0.3 is 0 Å². The zero-order valence-corrected chi connectivity index (χ0v) is 9.54. The summed E-state index contributed by atoms with van der Waals surface area (Å²) in [5, 5.41) is 0. The van der Waals surface area contributed by atoms with Crippen LogP contribution < -0.4 is 0 Å². The molecule has 0 nitrogen and oxygen atoms in total. The summed E-state index contributed by atoms with van der Waals surface area (Å²) in [7, 11) is 0. The monoisotopic (exact) mass is 210 g/mol. The molecule has 1 saturated carbocycles. The second-order valence-electron chi connectivity index (χ2n) is 3.81. The van der Waals surface area contributed by atoms with Crippen molar-refractivity contribution in [3.63, 3.8) is 0 Å². The maximum atomic E-state index is 4.45. The molecule has 2 heteroatoms. The SMILES string of the molecule is Cc1c(S)cc(C2CCC2)cc1S. The van der Waals surface area contributed by atoms with E-state index in [1.165, 1.54) is 30.4 Å². The highest BCUT2D eigenvalue weighted by Crippen LogP contribution is 2.38. The molecule has 0 heterocycles. The first-order valence-corrected chi connectivity index (χ1v) is 5.60. The van der Waals surface area contributed by atoms with Gasteiger partial charge in [-0.15, -0.1) is 25.3 Å². The summed E-state index contributed by atoms with van der Waals surface area (Å²) in [4.78, 5) is 2.16. The Kier molecular flexibility index (Phi) is 2.61. The summed E-state index contributed by atoms with van der Waals surface area (Å²) in [5.41, 5.74) is 2.61. The van der Waals surface area contributed by atoms with Crippen LogP contribution in [-0.4, -0.2) is 0 Å². The molecule has 13 heavy (non-hydrogen) atoms. The molecule has 1 aliphatic carbocycles. The van der Waals surface area contributed by atoms with Gasteiger partial charge in [0, 0.05) is 9.79 Å². The van der Waals surface area contributed by atoms with E-state index in [4.69, 9.17) is 0 Å². The van der Waals surface area contributed by atoms with Crippen molar-refractivity contribution < 1.29 is 0 Å². The molecule has 0 aliphatic heterocycles. The Bertz CT molecular complexity index is 304. The van der Waals surface area contributed by atoms with Crippen LogP contribution in [0.3, 0.4) is 0 Å². The van der Waals surface area contributed by atoms with Gasteiger partial charge in [-0.3, -0.25) is 0 Å². The highest BCUT2D eigenvalue weighted by atomic mass is 32.1. The Labute approximate surface area is 90.6 Å². The maximum Gasteiger partial charge on any atom is 0.00831 e. The van der Waals surface area contributed by atoms with Crippen LogP contribution in [0.15, 0.2) is 21.9 Å². The molecule has 0 radical (unpaired) electrons.